The van der Waals surface area contributed by atoms with Crippen LogP contribution in [0.25, 0.3) is 0 Å². The first-order chi connectivity index (χ1) is 14.0. The van der Waals surface area contributed by atoms with Crippen molar-refractivity contribution in [1.82, 2.24) is 0 Å². The van der Waals surface area contributed by atoms with Crippen LogP contribution in [0.3, 0.4) is 0 Å². The van der Waals surface area contributed by atoms with Gasteiger partial charge in [-0.1, -0.05) is 24.3 Å². The van der Waals surface area contributed by atoms with Crippen molar-refractivity contribution in [3.63, 3.8) is 0 Å². The summed E-state index contributed by atoms with van der Waals surface area (Å²) in [5.41, 5.74) is 0. The number of cyclic esters (lactones) is 2. The van der Waals surface area contributed by atoms with Gasteiger partial charge in [0, 0.05) is 5.92 Å². The molecule has 3 aliphatic rings. The zero-order chi connectivity index (χ0) is 21.1. The third-order valence-electron chi connectivity index (χ3n) is 5.49. The number of ether oxygens (including phenoxy) is 5. The van der Waals surface area contributed by atoms with Gasteiger partial charge in [0.1, 0.15) is 11.8 Å². The van der Waals surface area contributed by atoms with Crippen molar-refractivity contribution in [3.8, 4) is 0 Å². The van der Waals surface area contributed by atoms with Gasteiger partial charge in [0.05, 0.1) is 44.1 Å². The molecule has 9 heteroatoms. The molecule has 0 bridgehead atoms. The van der Waals surface area contributed by atoms with Gasteiger partial charge in [-0.05, 0) is 0 Å². The van der Waals surface area contributed by atoms with E-state index in [1.807, 2.05) is 0 Å². The molecule has 0 spiro atoms. The number of carbonyl (C=O) groups excluding carboxylic acids is 4. The second-order valence-corrected chi connectivity index (χ2v) is 6.92. The van der Waals surface area contributed by atoms with Gasteiger partial charge in [0.15, 0.2) is 0 Å². The molecule has 156 valence electrons. The molecule has 0 N–H and O–H groups in total. The van der Waals surface area contributed by atoms with E-state index < -0.39 is 66.0 Å². The fraction of sp³-hybridized carbons (Fsp3) is 0.500. The maximum atomic E-state index is 12.4. The highest BCUT2D eigenvalue weighted by Crippen LogP contribution is 2.41. The Morgan fingerprint density at radius 2 is 1.59 bits per heavy atom. The van der Waals surface area contributed by atoms with Crippen LogP contribution in [0.5, 0.6) is 0 Å². The molecule has 3 saturated heterocycles. The van der Waals surface area contributed by atoms with Crippen LogP contribution < -0.4 is 0 Å². The Balaban J connectivity index is 1.82. The molecular weight excluding hydrogens is 384 g/mol. The lowest BCUT2D eigenvalue weighted by Crippen LogP contribution is -2.33. The van der Waals surface area contributed by atoms with Crippen molar-refractivity contribution in [2.24, 2.45) is 23.7 Å². The SMILES string of the molecule is C=CC1OC(C=CC2OC(C=C)C3C(=O)OC(=O)C23)C(C(=O)OC)C1COC=O. The highest BCUT2D eigenvalue weighted by Gasteiger charge is 2.57. The zero-order valence-electron chi connectivity index (χ0n) is 15.8. The van der Waals surface area contributed by atoms with Crippen molar-refractivity contribution in [2.75, 3.05) is 13.7 Å². The molecule has 0 aromatic rings. The van der Waals surface area contributed by atoms with Crippen molar-refractivity contribution in [3.05, 3.63) is 37.5 Å². The summed E-state index contributed by atoms with van der Waals surface area (Å²) < 4.78 is 26.1. The number of rotatable bonds is 8. The summed E-state index contributed by atoms with van der Waals surface area (Å²) in [5, 5.41) is 0. The summed E-state index contributed by atoms with van der Waals surface area (Å²) in [6, 6.07) is 0. The van der Waals surface area contributed by atoms with E-state index in [1.165, 1.54) is 19.3 Å². The topological polar surface area (TPSA) is 114 Å². The Kier molecular flexibility index (Phi) is 6.29. The highest BCUT2D eigenvalue weighted by molar-refractivity contribution is 5.98. The largest absolute Gasteiger partial charge is 0.469 e. The van der Waals surface area contributed by atoms with E-state index >= 15 is 0 Å². The minimum absolute atomic E-state index is 0.0473. The van der Waals surface area contributed by atoms with E-state index in [-0.39, 0.29) is 6.61 Å². The van der Waals surface area contributed by atoms with E-state index in [0.717, 1.165) is 0 Å². The van der Waals surface area contributed by atoms with E-state index in [1.54, 1.807) is 12.2 Å². The summed E-state index contributed by atoms with van der Waals surface area (Å²) in [7, 11) is 1.25. The molecule has 3 heterocycles. The van der Waals surface area contributed by atoms with E-state index in [9.17, 15) is 19.2 Å². The first kappa shape index (κ1) is 20.9. The monoisotopic (exact) mass is 406 g/mol. The molecule has 0 amide bonds. The van der Waals surface area contributed by atoms with E-state index in [2.05, 4.69) is 13.2 Å². The van der Waals surface area contributed by atoms with Gasteiger partial charge in [-0.2, -0.15) is 0 Å². The van der Waals surface area contributed by atoms with Crippen molar-refractivity contribution < 1.29 is 42.9 Å². The average Bonchev–Trinajstić information content (AvgIpc) is 3.36. The van der Waals surface area contributed by atoms with Gasteiger partial charge >= 0.3 is 17.9 Å². The average molecular weight is 406 g/mol. The number of esters is 3. The lowest BCUT2D eigenvalue weighted by molar-refractivity contribution is -0.157. The molecule has 0 aliphatic carbocycles. The number of methoxy groups -OCH3 is 1. The second kappa shape index (κ2) is 8.71. The molecule has 0 radical (unpaired) electrons. The smallest absolute Gasteiger partial charge is 0.320 e. The Hall–Kier alpha value is -2.78. The van der Waals surface area contributed by atoms with E-state index in [0.29, 0.717) is 6.47 Å². The van der Waals surface area contributed by atoms with Crippen LogP contribution in [-0.4, -0.2) is 62.5 Å². The number of fused-ring (bicyclic) bond motifs is 1. The summed E-state index contributed by atoms with van der Waals surface area (Å²) in [4.78, 5) is 46.9. The van der Waals surface area contributed by atoms with Gasteiger partial charge in [-0.15, -0.1) is 13.2 Å². The normalized spacial score (nSPS) is 38.5. The molecule has 29 heavy (non-hydrogen) atoms. The third kappa shape index (κ3) is 3.75. The van der Waals surface area contributed by atoms with Gasteiger partial charge in [0.2, 0.25) is 0 Å². The number of hydrogen-bond acceptors (Lipinski definition) is 9. The fourth-order valence-electron chi connectivity index (χ4n) is 4.15. The maximum Gasteiger partial charge on any atom is 0.320 e. The highest BCUT2D eigenvalue weighted by atomic mass is 16.6. The first-order valence-corrected chi connectivity index (χ1v) is 9.09. The minimum atomic E-state index is -0.788. The number of hydrogen-bond donors (Lipinski definition) is 0. The predicted octanol–water partition coefficient (Wildman–Crippen LogP) is 0.344. The van der Waals surface area contributed by atoms with Crippen LogP contribution in [0, 0.1) is 23.7 Å². The Labute approximate surface area is 167 Å². The van der Waals surface area contributed by atoms with Gasteiger partial charge in [0.25, 0.3) is 6.47 Å². The minimum Gasteiger partial charge on any atom is -0.469 e. The Morgan fingerprint density at radius 1 is 1.00 bits per heavy atom. The molecule has 0 saturated carbocycles. The van der Waals surface area contributed by atoms with Crippen LogP contribution in [-0.2, 0) is 42.9 Å². The van der Waals surface area contributed by atoms with Crippen LogP contribution in [0.4, 0.5) is 0 Å². The molecule has 0 aromatic carbocycles. The lowest BCUT2D eigenvalue weighted by Gasteiger charge is -2.19. The molecular formula is C20H22O9. The van der Waals surface area contributed by atoms with Crippen LogP contribution in [0.2, 0.25) is 0 Å². The van der Waals surface area contributed by atoms with Gasteiger partial charge in [-0.3, -0.25) is 19.2 Å². The third-order valence-corrected chi connectivity index (χ3v) is 5.49. The standard InChI is InChI=1S/C20H22O9/c1-4-11-10(8-26-9-21)15(18(22)25-3)13(27-11)6-7-14-17-16(12(5-2)28-14)19(23)29-20(17)24/h4-7,9-17H,1-2,8H2,3H3. The summed E-state index contributed by atoms with van der Waals surface area (Å²) >= 11 is 0. The van der Waals surface area contributed by atoms with Gasteiger partial charge in [-0.25, -0.2) is 0 Å². The summed E-state index contributed by atoms with van der Waals surface area (Å²) in [6.45, 7) is 7.58. The zero-order valence-corrected chi connectivity index (χ0v) is 15.8. The molecule has 9 nitrogen and oxygen atoms in total. The van der Waals surface area contributed by atoms with Crippen LogP contribution in [0.15, 0.2) is 37.5 Å². The molecule has 8 atom stereocenters. The van der Waals surface area contributed by atoms with Crippen LogP contribution >= 0.6 is 0 Å². The maximum absolute atomic E-state index is 12.4. The van der Waals surface area contributed by atoms with Crippen LogP contribution in [0.1, 0.15) is 0 Å². The predicted molar refractivity (Wildman–Crippen MR) is 95.9 cm³/mol. The quantitative estimate of drug-likeness (QED) is 0.185. The van der Waals surface area contributed by atoms with Crippen molar-refractivity contribution >= 4 is 24.4 Å². The Bertz CT molecular complexity index is 742. The van der Waals surface area contributed by atoms with Crippen molar-refractivity contribution in [2.45, 2.75) is 24.4 Å². The summed E-state index contributed by atoms with van der Waals surface area (Å²) in [6.07, 6.45) is 3.46. The molecule has 8 unspecified atom stereocenters. The Morgan fingerprint density at radius 3 is 2.17 bits per heavy atom. The lowest BCUT2D eigenvalue weighted by atomic mass is 9.86. The van der Waals surface area contributed by atoms with Crippen molar-refractivity contribution in [1.29, 1.82) is 0 Å². The first-order valence-electron chi connectivity index (χ1n) is 9.09. The molecule has 3 aliphatic heterocycles. The van der Waals surface area contributed by atoms with E-state index in [4.69, 9.17) is 23.7 Å². The number of carbonyl (C=O) groups is 4. The fourth-order valence-corrected chi connectivity index (χ4v) is 4.15. The second-order valence-electron chi connectivity index (χ2n) is 6.92. The molecule has 3 rings (SSSR count). The van der Waals surface area contributed by atoms with Gasteiger partial charge < -0.3 is 23.7 Å². The molecule has 0 aromatic heterocycles. The summed E-state index contributed by atoms with van der Waals surface area (Å²) in [5.74, 6) is -4.61. The molecule has 3 fully saturated rings.